The first-order valence-corrected chi connectivity index (χ1v) is 11.9. The Hall–Kier alpha value is -3.77. The molecule has 0 amide bonds. The maximum atomic E-state index is 13.7. The van der Waals surface area contributed by atoms with E-state index >= 15 is 0 Å². The lowest BCUT2D eigenvalue weighted by atomic mass is 9.97. The summed E-state index contributed by atoms with van der Waals surface area (Å²) in [6.07, 6.45) is 2.54. The van der Waals surface area contributed by atoms with Gasteiger partial charge in [0.05, 0.1) is 19.8 Å². The Balaban J connectivity index is 1.43. The molecule has 1 aliphatic heterocycles. The van der Waals surface area contributed by atoms with E-state index in [0.717, 1.165) is 42.1 Å². The summed E-state index contributed by atoms with van der Waals surface area (Å²) in [6.45, 7) is 3.87. The van der Waals surface area contributed by atoms with Crippen LogP contribution in [0.5, 0.6) is 17.2 Å². The first-order valence-electron chi connectivity index (χ1n) is 11.9. The summed E-state index contributed by atoms with van der Waals surface area (Å²) in [5.41, 5.74) is 2.49. The fraction of sp³-hybridized carbons (Fsp3) is 0.276. The molecule has 1 fully saturated rings. The number of fused-ring (bicyclic) bond motifs is 1. The number of rotatable bonds is 9. The zero-order chi connectivity index (χ0) is 24.2. The summed E-state index contributed by atoms with van der Waals surface area (Å²) in [5, 5.41) is 0.743. The Morgan fingerprint density at radius 3 is 2.20 bits per heavy atom. The third-order valence-corrected chi connectivity index (χ3v) is 6.47. The van der Waals surface area contributed by atoms with E-state index in [2.05, 4.69) is 4.90 Å². The maximum absolute atomic E-state index is 13.7. The third-order valence-electron chi connectivity index (χ3n) is 6.47. The lowest BCUT2D eigenvalue weighted by Gasteiger charge is -2.15. The number of ketones is 1. The van der Waals surface area contributed by atoms with Crippen LogP contribution in [-0.2, 0) is 0 Å². The molecule has 180 valence electrons. The Morgan fingerprint density at radius 2 is 1.51 bits per heavy atom. The van der Waals surface area contributed by atoms with Crippen LogP contribution in [0.3, 0.4) is 0 Å². The molecule has 0 bridgehead atoms. The number of hydrogen-bond donors (Lipinski definition) is 0. The van der Waals surface area contributed by atoms with Gasteiger partial charge in [-0.15, -0.1) is 0 Å². The van der Waals surface area contributed by atoms with Crippen molar-refractivity contribution in [3.05, 3.63) is 77.9 Å². The molecule has 0 saturated carbocycles. The highest BCUT2D eigenvalue weighted by molar-refractivity contribution is 6.19. The van der Waals surface area contributed by atoms with Gasteiger partial charge in [-0.25, -0.2) is 0 Å². The molecule has 0 radical (unpaired) electrons. The zero-order valence-electron chi connectivity index (χ0n) is 20.1. The number of carbonyl (C=O) groups excluding carboxylic acids is 1. The van der Waals surface area contributed by atoms with Crippen molar-refractivity contribution in [1.29, 1.82) is 0 Å². The fourth-order valence-corrected chi connectivity index (χ4v) is 4.52. The lowest BCUT2D eigenvalue weighted by Crippen LogP contribution is -2.25. The zero-order valence-corrected chi connectivity index (χ0v) is 20.1. The molecular weight excluding hydrogens is 442 g/mol. The highest BCUT2D eigenvalue weighted by Crippen LogP contribution is 2.37. The van der Waals surface area contributed by atoms with Gasteiger partial charge in [-0.3, -0.25) is 9.69 Å². The van der Waals surface area contributed by atoms with Gasteiger partial charge >= 0.3 is 0 Å². The monoisotopic (exact) mass is 471 g/mol. The number of hydrogen-bond acceptors (Lipinski definition) is 6. The summed E-state index contributed by atoms with van der Waals surface area (Å²) in [4.78, 5) is 16.1. The Bertz CT molecular complexity index is 1300. The van der Waals surface area contributed by atoms with Crippen molar-refractivity contribution in [2.75, 3.05) is 40.5 Å². The average molecular weight is 472 g/mol. The van der Waals surface area contributed by atoms with Gasteiger partial charge in [-0.2, -0.15) is 0 Å². The van der Waals surface area contributed by atoms with Crippen LogP contribution in [0.25, 0.3) is 22.3 Å². The Morgan fingerprint density at radius 1 is 0.857 bits per heavy atom. The second kappa shape index (κ2) is 10.2. The molecule has 1 saturated heterocycles. The van der Waals surface area contributed by atoms with Gasteiger partial charge in [0.2, 0.25) is 0 Å². The third kappa shape index (κ3) is 4.88. The smallest absolute Gasteiger partial charge is 0.197 e. The van der Waals surface area contributed by atoms with E-state index < -0.39 is 0 Å². The van der Waals surface area contributed by atoms with Gasteiger partial charge in [-0.1, -0.05) is 0 Å². The van der Waals surface area contributed by atoms with Crippen LogP contribution in [0.4, 0.5) is 0 Å². The van der Waals surface area contributed by atoms with Gasteiger partial charge < -0.3 is 18.6 Å². The van der Waals surface area contributed by atoms with Crippen molar-refractivity contribution in [3.8, 4) is 28.6 Å². The van der Waals surface area contributed by atoms with Crippen LogP contribution >= 0.6 is 0 Å². The number of methoxy groups -OCH3 is 2. The van der Waals surface area contributed by atoms with E-state index in [0.29, 0.717) is 34.8 Å². The van der Waals surface area contributed by atoms with Crippen LogP contribution in [0.1, 0.15) is 28.8 Å². The normalized spacial score (nSPS) is 13.8. The minimum absolute atomic E-state index is 0.108. The Kier molecular flexibility index (Phi) is 6.73. The van der Waals surface area contributed by atoms with Crippen molar-refractivity contribution in [1.82, 2.24) is 4.90 Å². The molecule has 35 heavy (non-hydrogen) atoms. The van der Waals surface area contributed by atoms with Crippen LogP contribution in [0.2, 0.25) is 0 Å². The molecule has 5 rings (SSSR count). The molecule has 2 heterocycles. The predicted octanol–water partition coefficient (Wildman–Crippen LogP) is 5.82. The standard InChI is InChI=1S/C29H29NO5/c1-32-22-9-7-21(8-10-22)29-27(25-14-13-24(33-2)19-26(25)35-29)28(31)20-5-11-23(12-6-20)34-18-17-30-15-3-4-16-30/h5-14,19H,3-4,15-18H2,1-2H3. The van der Waals surface area contributed by atoms with Crippen molar-refractivity contribution < 1.29 is 23.4 Å². The molecule has 4 aromatic rings. The summed E-state index contributed by atoms with van der Waals surface area (Å²) in [6, 6.07) is 20.3. The lowest BCUT2D eigenvalue weighted by molar-refractivity contribution is 0.104. The van der Waals surface area contributed by atoms with Gasteiger partial charge in [0.15, 0.2) is 5.78 Å². The molecule has 0 unspecified atom stereocenters. The van der Waals surface area contributed by atoms with Crippen LogP contribution in [0, 0.1) is 0 Å². The number of furan rings is 1. The van der Waals surface area contributed by atoms with Crippen LogP contribution < -0.4 is 14.2 Å². The number of carbonyl (C=O) groups is 1. The van der Waals surface area contributed by atoms with Crippen molar-refractivity contribution in [3.63, 3.8) is 0 Å². The van der Waals surface area contributed by atoms with Crippen molar-refractivity contribution >= 4 is 16.8 Å². The average Bonchev–Trinajstić information content (AvgIpc) is 3.56. The molecule has 0 spiro atoms. The van der Waals surface area contributed by atoms with Gasteiger partial charge in [-0.05, 0) is 86.6 Å². The molecule has 0 aliphatic carbocycles. The van der Waals surface area contributed by atoms with Gasteiger partial charge in [0, 0.05) is 29.1 Å². The number of ether oxygens (including phenoxy) is 3. The van der Waals surface area contributed by atoms with Crippen LogP contribution in [0.15, 0.2) is 71.1 Å². The first-order chi connectivity index (χ1) is 17.2. The van der Waals surface area contributed by atoms with E-state index in [9.17, 15) is 4.79 Å². The number of likely N-dealkylation sites (tertiary alicyclic amines) is 1. The van der Waals surface area contributed by atoms with Crippen molar-refractivity contribution in [2.24, 2.45) is 0 Å². The predicted molar refractivity (Wildman–Crippen MR) is 136 cm³/mol. The summed E-state index contributed by atoms with van der Waals surface area (Å²) in [7, 11) is 3.23. The van der Waals surface area contributed by atoms with E-state index in [1.165, 1.54) is 12.8 Å². The molecule has 3 aromatic carbocycles. The summed E-state index contributed by atoms with van der Waals surface area (Å²) >= 11 is 0. The van der Waals surface area contributed by atoms with Gasteiger partial charge in [0.1, 0.15) is 35.2 Å². The minimum atomic E-state index is -0.108. The highest BCUT2D eigenvalue weighted by Gasteiger charge is 2.24. The topological polar surface area (TPSA) is 61.1 Å². The second-order valence-corrected chi connectivity index (χ2v) is 8.65. The fourth-order valence-electron chi connectivity index (χ4n) is 4.52. The Labute approximate surface area is 205 Å². The van der Waals surface area contributed by atoms with Crippen molar-refractivity contribution in [2.45, 2.75) is 12.8 Å². The maximum Gasteiger partial charge on any atom is 0.197 e. The quantitative estimate of drug-likeness (QED) is 0.287. The molecule has 0 atom stereocenters. The molecule has 0 N–H and O–H groups in total. The van der Waals surface area contributed by atoms with E-state index in [1.807, 2.05) is 60.7 Å². The highest BCUT2D eigenvalue weighted by atomic mass is 16.5. The largest absolute Gasteiger partial charge is 0.497 e. The van der Waals surface area contributed by atoms with E-state index in [4.69, 9.17) is 18.6 Å². The van der Waals surface area contributed by atoms with Crippen LogP contribution in [-0.4, -0.2) is 51.1 Å². The number of benzene rings is 3. The summed E-state index contributed by atoms with van der Waals surface area (Å²) in [5.74, 6) is 2.58. The second-order valence-electron chi connectivity index (χ2n) is 8.65. The molecule has 6 heteroatoms. The number of nitrogens with zero attached hydrogens (tertiary/aromatic N) is 1. The molecule has 1 aromatic heterocycles. The van der Waals surface area contributed by atoms with Gasteiger partial charge in [0.25, 0.3) is 0 Å². The molecule has 6 nitrogen and oxygen atoms in total. The SMILES string of the molecule is COc1ccc(-c2oc3cc(OC)ccc3c2C(=O)c2ccc(OCCN3CCCC3)cc2)cc1. The van der Waals surface area contributed by atoms with E-state index in [-0.39, 0.29) is 5.78 Å². The first kappa shape index (κ1) is 23.0. The minimum Gasteiger partial charge on any atom is -0.497 e. The molecule has 1 aliphatic rings. The molecular formula is C29H29NO5. The summed E-state index contributed by atoms with van der Waals surface area (Å²) < 4.78 is 22.7. The van der Waals surface area contributed by atoms with E-state index in [1.54, 1.807) is 20.3 Å².